The Labute approximate surface area is 294 Å². The third kappa shape index (κ3) is 6.93. The lowest BCUT2D eigenvalue weighted by Crippen LogP contribution is -2.48. The molecule has 0 spiro atoms. The highest BCUT2D eigenvalue weighted by molar-refractivity contribution is 6.31. The van der Waals surface area contributed by atoms with E-state index in [0.29, 0.717) is 37.1 Å². The summed E-state index contributed by atoms with van der Waals surface area (Å²) in [6.45, 7) is 5.00. The Morgan fingerprint density at radius 2 is 1.74 bits per heavy atom. The zero-order chi connectivity index (χ0) is 35.7. The number of carboxylic acids is 1. The smallest absolute Gasteiger partial charge is 0.335 e. The number of ketones is 1. The van der Waals surface area contributed by atoms with Crippen LogP contribution in [0.15, 0.2) is 71.9 Å². The summed E-state index contributed by atoms with van der Waals surface area (Å²) < 4.78 is 14.8. The van der Waals surface area contributed by atoms with Gasteiger partial charge in [-0.2, -0.15) is 0 Å². The molecule has 12 heteroatoms. The van der Waals surface area contributed by atoms with Crippen molar-refractivity contribution in [3.05, 3.63) is 111 Å². The van der Waals surface area contributed by atoms with E-state index >= 15 is 0 Å². The Balaban J connectivity index is 1.29. The lowest BCUT2D eigenvalue weighted by molar-refractivity contribution is -0.149. The number of nitrogens with two attached hydrogens (primary N) is 1. The molecule has 0 unspecified atom stereocenters. The predicted octanol–water partition coefficient (Wildman–Crippen LogP) is 5.21. The molecule has 3 atom stereocenters. The summed E-state index contributed by atoms with van der Waals surface area (Å²) in [5.41, 5.74) is 10.9. The van der Waals surface area contributed by atoms with E-state index in [1.165, 1.54) is 29.2 Å². The van der Waals surface area contributed by atoms with Gasteiger partial charge in [-0.1, -0.05) is 73.1 Å². The molecule has 50 heavy (non-hydrogen) atoms. The predicted molar refractivity (Wildman–Crippen MR) is 186 cm³/mol. The fourth-order valence-electron chi connectivity index (χ4n) is 6.81. The van der Waals surface area contributed by atoms with Crippen molar-refractivity contribution in [1.29, 1.82) is 0 Å². The first-order valence-electron chi connectivity index (χ1n) is 16.6. The van der Waals surface area contributed by atoms with Gasteiger partial charge in [0, 0.05) is 38.0 Å². The minimum atomic E-state index is -1.07. The number of amides is 2. The fourth-order valence-corrected chi connectivity index (χ4v) is 6.98. The number of nitrogens with zero attached hydrogens (tertiary/aromatic N) is 3. The van der Waals surface area contributed by atoms with Crippen LogP contribution in [0.3, 0.4) is 0 Å². The van der Waals surface area contributed by atoms with E-state index in [4.69, 9.17) is 22.2 Å². The number of hydrogen-bond donors (Lipinski definition) is 2. The maximum absolute atomic E-state index is 14.8. The van der Waals surface area contributed by atoms with Crippen LogP contribution in [0.1, 0.15) is 70.9 Å². The summed E-state index contributed by atoms with van der Waals surface area (Å²) in [5.74, 6) is -2.49. The number of carbonyl (C=O) groups excluding carboxylic acids is 3. The van der Waals surface area contributed by atoms with Gasteiger partial charge in [-0.15, -0.1) is 0 Å². The molecular weight excluding hydrogens is 663 g/mol. The van der Waals surface area contributed by atoms with Gasteiger partial charge in [0.1, 0.15) is 6.04 Å². The molecule has 10 nitrogen and oxygen atoms in total. The third-order valence-corrected chi connectivity index (χ3v) is 9.96. The van der Waals surface area contributed by atoms with Crippen molar-refractivity contribution in [2.45, 2.75) is 57.7 Å². The molecule has 0 fully saturated rings. The van der Waals surface area contributed by atoms with Gasteiger partial charge in [0.05, 0.1) is 22.3 Å². The van der Waals surface area contributed by atoms with Crippen LogP contribution in [0.5, 0.6) is 0 Å². The Bertz CT molecular complexity index is 1910. The Hall–Kier alpha value is -4.87. The number of fused-ring (bicyclic) bond motifs is 1. The Morgan fingerprint density at radius 1 is 1.02 bits per heavy atom. The number of Topliss-reactive ketones (excluding diaryl/α,β-unsaturated/α-hetero) is 1. The van der Waals surface area contributed by atoms with Crippen LogP contribution in [0, 0.1) is 11.7 Å². The van der Waals surface area contributed by atoms with Gasteiger partial charge in [-0.05, 0) is 70.9 Å². The Morgan fingerprint density at radius 3 is 2.42 bits per heavy atom. The van der Waals surface area contributed by atoms with Crippen molar-refractivity contribution in [2.75, 3.05) is 19.6 Å². The van der Waals surface area contributed by atoms with Crippen molar-refractivity contribution in [2.24, 2.45) is 16.8 Å². The highest BCUT2D eigenvalue weighted by Crippen LogP contribution is 2.38. The average Bonchev–Trinajstić information content (AvgIpc) is 3.61. The molecule has 3 heterocycles. The molecule has 0 aromatic heterocycles. The minimum absolute atomic E-state index is 0.000371. The zero-order valence-electron chi connectivity index (χ0n) is 27.8. The van der Waals surface area contributed by atoms with Gasteiger partial charge < -0.3 is 25.5 Å². The monoisotopic (exact) mass is 700 g/mol. The number of carbonyl (C=O) groups is 4. The van der Waals surface area contributed by atoms with Crippen molar-refractivity contribution in [1.82, 2.24) is 9.80 Å². The molecule has 3 aliphatic heterocycles. The number of hydrogen-bond acceptors (Lipinski definition) is 7. The van der Waals surface area contributed by atoms with Crippen LogP contribution in [0.25, 0.3) is 5.57 Å². The summed E-state index contributed by atoms with van der Waals surface area (Å²) in [7, 11) is 0. The van der Waals surface area contributed by atoms with Crippen LogP contribution >= 0.6 is 11.6 Å². The van der Waals surface area contributed by atoms with Crippen molar-refractivity contribution in [3.8, 4) is 0 Å². The molecule has 3 aromatic rings. The average molecular weight is 701 g/mol. The molecule has 6 rings (SSSR count). The second-order valence-corrected chi connectivity index (χ2v) is 13.6. The summed E-state index contributed by atoms with van der Waals surface area (Å²) >= 11 is 5.98. The first kappa shape index (κ1) is 35.0. The number of aromatic carboxylic acids is 1. The van der Waals surface area contributed by atoms with Crippen LogP contribution in [-0.2, 0) is 32.1 Å². The van der Waals surface area contributed by atoms with Crippen molar-refractivity contribution >= 4 is 46.5 Å². The van der Waals surface area contributed by atoms with Gasteiger partial charge in [-0.25, -0.2) is 9.18 Å². The molecule has 0 saturated heterocycles. The van der Waals surface area contributed by atoms with E-state index in [9.17, 15) is 28.7 Å². The van der Waals surface area contributed by atoms with E-state index in [1.807, 2.05) is 38.1 Å². The Kier molecular flexibility index (Phi) is 10.2. The number of benzene rings is 3. The van der Waals surface area contributed by atoms with E-state index in [1.54, 1.807) is 23.1 Å². The molecule has 3 N–H and O–H groups in total. The second-order valence-electron chi connectivity index (χ2n) is 13.2. The number of oxime groups is 1. The van der Waals surface area contributed by atoms with Crippen molar-refractivity contribution in [3.63, 3.8) is 0 Å². The second kappa shape index (κ2) is 14.5. The van der Waals surface area contributed by atoms with Crippen molar-refractivity contribution < 1.29 is 33.5 Å². The van der Waals surface area contributed by atoms with E-state index in [-0.39, 0.29) is 58.9 Å². The van der Waals surface area contributed by atoms with Crippen LogP contribution in [-0.4, -0.2) is 76.0 Å². The highest BCUT2D eigenvalue weighted by Gasteiger charge is 2.42. The molecule has 3 aliphatic rings. The maximum atomic E-state index is 14.8. The van der Waals surface area contributed by atoms with E-state index < -0.39 is 35.9 Å². The lowest BCUT2D eigenvalue weighted by Gasteiger charge is -2.39. The standard InChI is InChI=1S/C38H38ClFN4O6/c1-21(2)34(41)37(47)43-16-13-23(14-17-43)25-5-3-6-27-26(25)15-18-44(35(27)31(45)19-22-9-11-24(12-10-22)38(48)49)36(46)32-20-30(42-50-32)28-7-4-8-29(39)33(28)40/h3-13,21,32,34-35H,14-20,41H2,1-2H3,(H,48,49)/t32-,34+,35+/m1/s1. The summed E-state index contributed by atoms with van der Waals surface area (Å²) in [4.78, 5) is 61.5. The van der Waals surface area contributed by atoms with E-state index in [0.717, 1.165) is 16.7 Å². The zero-order valence-corrected chi connectivity index (χ0v) is 28.5. The molecule has 2 amide bonds. The first-order valence-corrected chi connectivity index (χ1v) is 17.0. The lowest BCUT2D eigenvalue weighted by atomic mass is 9.82. The fraction of sp³-hybridized carbons (Fsp3) is 0.342. The molecule has 0 saturated carbocycles. The van der Waals surface area contributed by atoms with E-state index in [2.05, 4.69) is 5.16 Å². The molecule has 0 radical (unpaired) electrons. The quantitative estimate of drug-likeness (QED) is 0.312. The molecule has 260 valence electrons. The van der Waals surface area contributed by atoms with Crippen LogP contribution in [0.4, 0.5) is 4.39 Å². The molecule has 3 aromatic carbocycles. The number of rotatable bonds is 9. The van der Waals surface area contributed by atoms with Gasteiger partial charge >= 0.3 is 5.97 Å². The first-order chi connectivity index (χ1) is 23.9. The number of carboxylic acid groups (broad SMARTS) is 1. The topological polar surface area (TPSA) is 143 Å². The number of halogens is 2. The normalized spacial score (nSPS) is 19.3. The van der Waals surface area contributed by atoms with Gasteiger partial charge in [0.25, 0.3) is 5.91 Å². The van der Waals surface area contributed by atoms with Gasteiger partial charge in [0.2, 0.25) is 12.0 Å². The summed E-state index contributed by atoms with van der Waals surface area (Å²) in [6.07, 6.45) is 1.99. The molecular formula is C38H38ClFN4O6. The van der Waals surface area contributed by atoms with Gasteiger partial charge in [-0.3, -0.25) is 14.4 Å². The summed E-state index contributed by atoms with van der Waals surface area (Å²) in [5, 5.41) is 13.3. The summed E-state index contributed by atoms with van der Waals surface area (Å²) in [6, 6.07) is 14.8. The van der Waals surface area contributed by atoms with Gasteiger partial charge in [0.15, 0.2) is 11.6 Å². The van der Waals surface area contributed by atoms with Crippen LogP contribution < -0.4 is 5.73 Å². The third-order valence-electron chi connectivity index (χ3n) is 9.67. The van der Waals surface area contributed by atoms with Crippen LogP contribution in [0.2, 0.25) is 5.02 Å². The minimum Gasteiger partial charge on any atom is -0.478 e. The largest absolute Gasteiger partial charge is 0.478 e. The molecule has 0 aliphatic carbocycles. The maximum Gasteiger partial charge on any atom is 0.335 e. The highest BCUT2D eigenvalue weighted by atomic mass is 35.5. The SMILES string of the molecule is CC(C)[C@H](N)C(=O)N1CC=C(c2cccc3c2CCN(C(=O)[C@H]2CC(c4cccc(Cl)c4F)=NO2)[C@@H]3C(=O)Cc2ccc(C(=O)O)cc2)CC1. The molecule has 0 bridgehead atoms.